The maximum Gasteiger partial charge on any atom is 0.0937 e. The van der Waals surface area contributed by atoms with Crippen LogP contribution in [0.25, 0.3) is 0 Å². The number of benzene rings is 1. The molecule has 2 rings (SSSR count). The molecule has 3 N–H and O–H groups in total. The minimum Gasteiger partial charge on any atom is -0.387 e. The highest BCUT2D eigenvalue weighted by Gasteiger charge is 2.21. The molecule has 0 aromatic heterocycles. The fourth-order valence-electron chi connectivity index (χ4n) is 2.29. The molecule has 0 aliphatic carbocycles. The van der Waals surface area contributed by atoms with Crippen LogP contribution >= 0.6 is 23.2 Å². The Labute approximate surface area is 117 Å². The van der Waals surface area contributed by atoms with E-state index in [0.717, 1.165) is 43.1 Å². The van der Waals surface area contributed by atoms with Crippen LogP contribution in [0.5, 0.6) is 0 Å². The molecular weight excluding hydrogens is 269 g/mol. The van der Waals surface area contributed by atoms with Crippen LogP contribution in [-0.4, -0.2) is 23.8 Å². The maximum atomic E-state index is 7.46. The largest absolute Gasteiger partial charge is 0.387 e. The molecule has 1 aliphatic heterocycles. The number of piperidine rings is 1. The van der Waals surface area contributed by atoms with Crippen LogP contribution in [0.15, 0.2) is 18.2 Å². The van der Waals surface area contributed by atoms with E-state index in [1.807, 2.05) is 12.1 Å². The third kappa shape index (κ3) is 3.37. The van der Waals surface area contributed by atoms with E-state index in [1.165, 1.54) is 0 Å². The van der Waals surface area contributed by atoms with Gasteiger partial charge in [0.25, 0.3) is 0 Å². The summed E-state index contributed by atoms with van der Waals surface area (Å²) in [4.78, 5) is 2.34. The van der Waals surface area contributed by atoms with Gasteiger partial charge in [0.2, 0.25) is 0 Å². The zero-order valence-electron chi connectivity index (χ0n) is 10.1. The van der Waals surface area contributed by atoms with Gasteiger partial charge in [-0.2, -0.15) is 0 Å². The molecule has 1 aliphatic rings. The summed E-state index contributed by atoms with van der Waals surface area (Å²) in [5.74, 6) is 0.570. The monoisotopic (exact) mass is 285 g/mol. The van der Waals surface area contributed by atoms with Gasteiger partial charge < -0.3 is 5.73 Å². The molecule has 0 bridgehead atoms. The van der Waals surface area contributed by atoms with Gasteiger partial charge in [0.1, 0.15) is 0 Å². The summed E-state index contributed by atoms with van der Waals surface area (Å²) < 4.78 is 0. The summed E-state index contributed by atoms with van der Waals surface area (Å²) in [6, 6.07) is 5.62. The molecule has 0 saturated carbocycles. The maximum absolute atomic E-state index is 7.46. The zero-order valence-corrected chi connectivity index (χ0v) is 11.6. The SMILES string of the molecule is N=C(N)C1CCN(Cc2ccc(Cl)cc2Cl)CC1. The van der Waals surface area contributed by atoms with Crippen LogP contribution in [0.3, 0.4) is 0 Å². The number of likely N-dealkylation sites (tertiary alicyclic amines) is 1. The summed E-state index contributed by atoms with van der Waals surface area (Å²) in [5, 5.41) is 8.84. The molecule has 0 atom stereocenters. The van der Waals surface area contributed by atoms with Crippen LogP contribution in [0.1, 0.15) is 18.4 Å². The molecule has 1 fully saturated rings. The van der Waals surface area contributed by atoms with E-state index in [0.29, 0.717) is 10.9 Å². The number of hydrogen-bond acceptors (Lipinski definition) is 2. The number of hydrogen-bond donors (Lipinski definition) is 2. The summed E-state index contributed by atoms with van der Waals surface area (Å²) in [5.41, 5.74) is 6.63. The Morgan fingerprint density at radius 1 is 1.33 bits per heavy atom. The van der Waals surface area contributed by atoms with Gasteiger partial charge in [-0.15, -0.1) is 0 Å². The predicted octanol–water partition coefficient (Wildman–Crippen LogP) is 3.14. The Morgan fingerprint density at radius 2 is 2.00 bits per heavy atom. The molecule has 1 aromatic rings. The molecule has 3 nitrogen and oxygen atoms in total. The second kappa shape index (κ2) is 5.91. The second-order valence-electron chi connectivity index (χ2n) is 4.74. The van der Waals surface area contributed by atoms with E-state index in [1.54, 1.807) is 6.07 Å². The van der Waals surface area contributed by atoms with Crippen LogP contribution in [0.2, 0.25) is 10.0 Å². The highest BCUT2D eigenvalue weighted by Crippen LogP contribution is 2.24. The first-order valence-corrected chi connectivity index (χ1v) is 6.82. The molecule has 0 unspecified atom stereocenters. The number of halogens is 2. The lowest BCUT2D eigenvalue weighted by molar-refractivity contribution is 0.201. The molecule has 5 heteroatoms. The predicted molar refractivity (Wildman–Crippen MR) is 76.4 cm³/mol. The van der Waals surface area contributed by atoms with Gasteiger partial charge in [-0.3, -0.25) is 10.3 Å². The van der Waals surface area contributed by atoms with E-state index in [4.69, 9.17) is 34.3 Å². The first-order valence-electron chi connectivity index (χ1n) is 6.06. The number of nitrogens with one attached hydrogen (secondary N) is 1. The van der Waals surface area contributed by atoms with Crippen LogP contribution in [0, 0.1) is 11.3 Å². The van der Waals surface area contributed by atoms with Crippen molar-refractivity contribution >= 4 is 29.0 Å². The second-order valence-corrected chi connectivity index (χ2v) is 5.59. The van der Waals surface area contributed by atoms with Crippen molar-refractivity contribution in [1.29, 1.82) is 5.41 Å². The fourth-order valence-corrected chi connectivity index (χ4v) is 2.76. The lowest BCUT2D eigenvalue weighted by Crippen LogP contribution is -2.37. The topological polar surface area (TPSA) is 53.1 Å². The number of rotatable bonds is 3. The van der Waals surface area contributed by atoms with Crippen molar-refractivity contribution in [3.05, 3.63) is 33.8 Å². The quantitative estimate of drug-likeness (QED) is 0.662. The Balaban J connectivity index is 1.93. The number of nitrogens with two attached hydrogens (primary N) is 1. The van der Waals surface area contributed by atoms with Gasteiger partial charge in [-0.1, -0.05) is 29.3 Å². The highest BCUT2D eigenvalue weighted by molar-refractivity contribution is 6.35. The van der Waals surface area contributed by atoms with Gasteiger partial charge in [-0.25, -0.2) is 0 Å². The van der Waals surface area contributed by atoms with Crippen molar-refractivity contribution < 1.29 is 0 Å². The number of amidine groups is 1. The zero-order chi connectivity index (χ0) is 13.1. The van der Waals surface area contributed by atoms with E-state index < -0.39 is 0 Å². The van der Waals surface area contributed by atoms with Gasteiger partial charge in [-0.05, 0) is 43.6 Å². The minimum absolute atomic E-state index is 0.252. The van der Waals surface area contributed by atoms with Gasteiger partial charge in [0, 0.05) is 22.5 Å². The van der Waals surface area contributed by atoms with Crippen molar-refractivity contribution in [3.8, 4) is 0 Å². The van der Waals surface area contributed by atoms with Crippen LogP contribution < -0.4 is 5.73 Å². The molecule has 0 radical (unpaired) electrons. The van der Waals surface area contributed by atoms with Crippen molar-refractivity contribution in [3.63, 3.8) is 0 Å². The molecule has 0 amide bonds. The summed E-state index contributed by atoms with van der Waals surface area (Å²) >= 11 is 12.0. The third-order valence-electron chi connectivity index (χ3n) is 3.44. The van der Waals surface area contributed by atoms with Crippen LogP contribution in [-0.2, 0) is 6.54 Å². The molecule has 1 saturated heterocycles. The van der Waals surface area contributed by atoms with Gasteiger partial charge in [0.15, 0.2) is 0 Å². The van der Waals surface area contributed by atoms with E-state index in [-0.39, 0.29) is 5.92 Å². The smallest absolute Gasteiger partial charge is 0.0937 e. The lowest BCUT2D eigenvalue weighted by Gasteiger charge is -2.31. The van der Waals surface area contributed by atoms with Crippen molar-refractivity contribution in [1.82, 2.24) is 4.90 Å². The molecule has 1 aromatic carbocycles. The summed E-state index contributed by atoms with van der Waals surface area (Å²) in [7, 11) is 0. The van der Waals surface area contributed by atoms with Crippen molar-refractivity contribution in [2.75, 3.05) is 13.1 Å². The normalized spacial score (nSPS) is 17.9. The molecule has 0 spiro atoms. The van der Waals surface area contributed by atoms with Crippen molar-refractivity contribution in [2.24, 2.45) is 11.7 Å². The van der Waals surface area contributed by atoms with E-state index in [2.05, 4.69) is 4.90 Å². The summed E-state index contributed by atoms with van der Waals surface area (Å²) in [6.07, 6.45) is 1.92. The fraction of sp³-hybridized carbons (Fsp3) is 0.462. The molecule has 1 heterocycles. The van der Waals surface area contributed by atoms with Gasteiger partial charge in [0.05, 0.1) is 5.84 Å². The Kier molecular flexibility index (Phi) is 4.49. The van der Waals surface area contributed by atoms with Crippen molar-refractivity contribution in [2.45, 2.75) is 19.4 Å². The Morgan fingerprint density at radius 3 is 2.56 bits per heavy atom. The summed E-state index contributed by atoms with van der Waals surface area (Å²) in [6.45, 7) is 2.76. The molecular formula is C13H17Cl2N3. The first kappa shape index (κ1) is 13.7. The van der Waals surface area contributed by atoms with Gasteiger partial charge >= 0.3 is 0 Å². The third-order valence-corrected chi connectivity index (χ3v) is 4.02. The van der Waals surface area contributed by atoms with E-state index >= 15 is 0 Å². The average Bonchev–Trinajstić information content (AvgIpc) is 2.33. The minimum atomic E-state index is 0.252. The standard InChI is InChI=1S/C13H17Cl2N3/c14-11-2-1-10(12(15)7-11)8-18-5-3-9(4-6-18)13(16)17/h1-2,7,9H,3-6,8H2,(H3,16,17). The average molecular weight is 286 g/mol. The molecule has 98 valence electrons. The molecule has 18 heavy (non-hydrogen) atoms. The first-order chi connectivity index (χ1) is 8.56. The Bertz CT molecular complexity index is 440. The van der Waals surface area contributed by atoms with Crippen LogP contribution in [0.4, 0.5) is 0 Å². The number of nitrogens with zero attached hydrogens (tertiary/aromatic N) is 1. The lowest BCUT2D eigenvalue weighted by atomic mass is 9.95. The Hall–Kier alpha value is -0.770. The highest BCUT2D eigenvalue weighted by atomic mass is 35.5. The van der Waals surface area contributed by atoms with E-state index in [9.17, 15) is 0 Å².